The van der Waals surface area contributed by atoms with Crippen molar-refractivity contribution in [3.05, 3.63) is 71.5 Å². The van der Waals surface area contributed by atoms with Crippen molar-refractivity contribution in [1.82, 2.24) is 4.90 Å². The second-order valence-corrected chi connectivity index (χ2v) is 5.75. The lowest BCUT2D eigenvalue weighted by Gasteiger charge is -2.32. The molecule has 0 aromatic heterocycles. The van der Waals surface area contributed by atoms with Crippen molar-refractivity contribution in [2.45, 2.75) is 32.1 Å². The maximum Gasteiger partial charge on any atom is 0.0407 e. The highest BCUT2D eigenvalue weighted by molar-refractivity contribution is 5.49. The third-order valence-corrected chi connectivity index (χ3v) is 4.29. The molecule has 0 spiro atoms. The summed E-state index contributed by atoms with van der Waals surface area (Å²) in [6.07, 6.45) is 21.6. The summed E-state index contributed by atoms with van der Waals surface area (Å²) in [5.41, 5.74) is 5.36. The predicted octanol–water partition coefficient (Wildman–Crippen LogP) is 4.69. The molecule has 0 bridgehead atoms. The zero-order valence-electron chi connectivity index (χ0n) is 12.1. The molecule has 1 aliphatic heterocycles. The Kier molecular flexibility index (Phi) is 4.05. The van der Waals surface area contributed by atoms with Gasteiger partial charge in [-0.1, -0.05) is 43.0 Å². The smallest absolute Gasteiger partial charge is 0.0407 e. The van der Waals surface area contributed by atoms with Gasteiger partial charge in [-0.3, -0.25) is 0 Å². The van der Waals surface area contributed by atoms with Gasteiger partial charge in [0.2, 0.25) is 0 Å². The summed E-state index contributed by atoms with van der Waals surface area (Å²) >= 11 is 0. The molecule has 20 heavy (non-hydrogen) atoms. The van der Waals surface area contributed by atoms with Crippen molar-refractivity contribution >= 4 is 0 Å². The average Bonchev–Trinajstić information content (AvgIpc) is 3.18. The van der Waals surface area contributed by atoms with Gasteiger partial charge >= 0.3 is 0 Å². The van der Waals surface area contributed by atoms with Gasteiger partial charge in [0.1, 0.15) is 0 Å². The molecule has 1 saturated heterocycles. The molecule has 0 atom stereocenters. The fourth-order valence-corrected chi connectivity index (χ4v) is 3.10. The second-order valence-electron chi connectivity index (χ2n) is 5.75. The van der Waals surface area contributed by atoms with Crippen LogP contribution in [0.1, 0.15) is 32.1 Å². The Balaban J connectivity index is 1.82. The highest BCUT2D eigenvalue weighted by Gasteiger charge is 2.18. The normalized spacial score (nSPS) is 22.2. The Bertz CT molecular complexity index is 534. The Morgan fingerprint density at radius 2 is 1.60 bits per heavy atom. The third-order valence-electron chi connectivity index (χ3n) is 4.29. The SMILES string of the molecule is C=C(/C=C(\C1=CC=CC1)N1CCCCC1)C1=CC=CC1. The molecule has 1 heterocycles. The molecule has 0 amide bonds. The minimum absolute atomic E-state index is 1.03. The van der Waals surface area contributed by atoms with Gasteiger partial charge < -0.3 is 4.90 Å². The van der Waals surface area contributed by atoms with E-state index in [1.165, 1.54) is 54.8 Å². The molecule has 1 heteroatoms. The maximum absolute atomic E-state index is 4.28. The Labute approximate surface area is 122 Å². The first kappa shape index (κ1) is 13.2. The molecule has 0 saturated carbocycles. The number of rotatable bonds is 4. The number of likely N-dealkylation sites (tertiary alicyclic amines) is 1. The predicted molar refractivity (Wildman–Crippen MR) is 86.3 cm³/mol. The Hall–Kier alpha value is -1.76. The lowest BCUT2D eigenvalue weighted by molar-refractivity contribution is 0.289. The lowest BCUT2D eigenvalue weighted by atomic mass is 10.0. The van der Waals surface area contributed by atoms with E-state index >= 15 is 0 Å². The molecule has 104 valence electrons. The van der Waals surface area contributed by atoms with Gasteiger partial charge in [0.15, 0.2) is 0 Å². The van der Waals surface area contributed by atoms with E-state index < -0.39 is 0 Å². The van der Waals surface area contributed by atoms with Gasteiger partial charge in [0, 0.05) is 18.8 Å². The molecule has 1 nitrogen and oxygen atoms in total. The number of hydrogen-bond donors (Lipinski definition) is 0. The van der Waals surface area contributed by atoms with Crippen LogP contribution in [0.15, 0.2) is 71.5 Å². The van der Waals surface area contributed by atoms with Crippen LogP contribution in [0.2, 0.25) is 0 Å². The van der Waals surface area contributed by atoms with Gasteiger partial charge in [0.25, 0.3) is 0 Å². The topological polar surface area (TPSA) is 3.24 Å². The van der Waals surface area contributed by atoms with E-state index in [0.29, 0.717) is 0 Å². The summed E-state index contributed by atoms with van der Waals surface area (Å²) in [6.45, 7) is 6.66. The highest BCUT2D eigenvalue weighted by atomic mass is 15.1. The van der Waals surface area contributed by atoms with Crippen molar-refractivity contribution in [3.8, 4) is 0 Å². The third kappa shape index (κ3) is 2.87. The molecule has 0 unspecified atom stereocenters. The van der Waals surface area contributed by atoms with E-state index in [1.807, 2.05) is 0 Å². The van der Waals surface area contributed by atoms with Crippen LogP contribution in [0, 0.1) is 0 Å². The van der Waals surface area contributed by atoms with Crippen LogP contribution in [0.3, 0.4) is 0 Å². The zero-order valence-corrected chi connectivity index (χ0v) is 12.1. The summed E-state index contributed by atoms with van der Waals surface area (Å²) in [4.78, 5) is 2.55. The molecule has 0 aromatic rings. The van der Waals surface area contributed by atoms with E-state index in [4.69, 9.17) is 0 Å². The van der Waals surface area contributed by atoms with E-state index in [0.717, 1.165) is 12.8 Å². The van der Waals surface area contributed by atoms with Gasteiger partial charge in [-0.15, -0.1) is 0 Å². The van der Waals surface area contributed by atoms with Crippen LogP contribution < -0.4 is 0 Å². The Morgan fingerprint density at radius 3 is 2.20 bits per heavy atom. The van der Waals surface area contributed by atoms with Crippen LogP contribution in [-0.2, 0) is 0 Å². The van der Waals surface area contributed by atoms with Crippen molar-refractivity contribution in [2.24, 2.45) is 0 Å². The van der Waals surface area contributed by atoms with E-state index in [1.54, 1.807) is 0 Å². The monoisotopic (exact) mass is 265 g/mol. The quantitative estimate of drug-likeness (QED) is 0.667. The highest BCUT2D eigenvalue weighted by Crippen LogP contribution is 2.29. The molecule has 3 rings (SSSR count). The molecular formula is C19H23N. The largest absolute Gasteiger partial charge is 0.371 e. The van der Waals surface area contributed by atoms with Crippen LogP contribution in [-0.4, -0.2) is 18.0 Å². The minimum atomic E-state index is 1.03. The molecular weight excluding hydrogens is 242 g/mol. The fraction of sp³-hybridized carbons (Fsp3) is 0.368. The van der Waals surface area contributed by atoms with Crippen molar-refractivity contribution < 1.29 is 0 Å². The standard InChI is InChI=1S/C19H23N/c1-16(17-9-3-4-10-17)15-19(18-11-5-6-12-18)20-13-7-2-8-14-20/h3-6,9,11,15H,1-2,7-8,10,12-14H2/b19-15+. The van der Waals surface area contributed by atoms with Crippen molar-refractivity contribution in [1.29, 1.82) is 0 Å². The first-order chi connectivity index (χ1) is 9.84. The van der Waals surface area contributed by atoms with E-state index in [-0.39, 0.29) is 0 Å². The van der Waals surface area contributed by atoms with Gasteiger partial charge in [-0.25, -0.2) is 0 Å². The van der Waals surface area contributed by atoms with E-state index in [9.17, 15) is 0 Å². The Morgan fingerprint density at radius 1 is 0.950 bits per heavy atom. The first-order valence-corrected chi connectivity index (χ1v) is 7.72. The summed E-state index contributed by atoms with van der Waals surface area (Å²) in [6, 6.07) is 0. The number of piperidine rings is 1. The van der Waals surface area contributed by atoms with Crippen molar-refractivity contribution in [2.75, 3.05) is 13.1 Å². The molecule has 0 radical (unpaired) electrons. The first-order valence-electron chi connectivity index (χ1n) is 7.72. The summed E-state index contributed by atoms with van der Waals surface area (Å²) in [5, 5.41) is 0. The molecule has 3 aliphatic rings. The fourth-order valence-electron chi connectivity index (χ4n) is 3.10. The molecule has 0 aromatic carbocycles. The van der Waals surface area contributed by atoms with Crippen LogP contribution >= 0.6 is 0 Å². The minimum Gasteiger partial charge on any atom is -0.371 e. The number of hydrogen-bond acceptors (Lipinski definition) is 1. The number of nitrogens with zero attached hydrogens (tertiary/aromatic N) is 1. The van der Waals surface area contributed by atoms with E-state index in [2.05, 4.69) is 54.0 Å². The summed E-state index contributed by atoms with van der Waals surface area (Å²) in [5.74, 6) is 0. The van der Waals surface area contributed by atoms with Crippen LogP contribution in [0.4, 0.5) is 0 Å². The maximum atomic E-state index is 4.28. The molecule has 2 aliphatic carbocycles. The lowest BCUT2D eigenvalue weighted by Crippen LogP contribution is -2.29. The van der Waals surface area contributed by atoms with Gasteiger partial charge in [-0.2, -0.15) is 0 Å². The average molecular weight is 265 g/mol. The van der Waals surface area contributed by atoms with Crippen molar-refractivity contribution in [3.63, 3.8) is 0 Å². The summed E-state index contributed by atoms with van der Waals surface area (Å²) < 4.78 is 0. The van der Waals surface area contributed by atoms with Gasteiger partial charge in [-0.05, 0) is 54.9 Å². The van der Waals surface area contributed by atoms with Crippen LogP contribution in [0.5, 0.6) is 0 Å². The van der Waals surface area contributed by atoms with Crippen LogP contribution in [0.25, 0.3) is 0 Å². The zero-order chi connectivity index (χ0) is 13.8. The second kappa shape index (κ2) is 6.13. The number of allylic oxidation sites excluding steroid dienone is 10. The molecule has 1 fully saturated rings. The summed E-state index contributed by atoms with van der Waals surface area (Å²) in [7, 11) is 0. The van der Waals surface area contributed by atoms with Gasteiger partial charge in [0.05, 0.1) is 0 Å². The molecule has 0 N–H and O–H groups in total.